The zero-order valence-corrected chi connectivity index (χ0v) is 13.1. The molecule has 0 unspecified atom stereocenters. The number of halogens is 3. The van der Waals surface area contributed by atoms with Crippen LogP contribution in [0.15, 0.2) is 47.4 Å². The molecule has 0 saturated heterocycles. The van der Waals surface area contributed by atoms with Crippen molar-refractivity contribution in [2.45, 2.75) is 11.3 Å². The van der Waals surface area contributed by atoms with Gasteiger partial charge in [0.2, 0.25) is 10.0 Å². The Hall–Kier alpha value is -1.14. The van der Waals surface area contributed by atoms with E-state index in [2.05, 4.69) is 4.72 Å². The van der Waals surface area contributed by atoms with Crippen LogP contribution in [0.1, 0.15) is 5.56 Å². The molecule has 0 aromatic heterocycles. The third kappa shape index (κ3) is 4.68. The van der Waals surface area contributed by atoms with Crippen molar-refractivity contribution in [3.8, 4) is 0 Å². The number of nitrogens with one attached hydrogen (secondary N) is 1. The fourth-order valence-corrected chi connectivity index (χ4v) is 3.50. The van der Waals surface area contributed by atoms with Gasteiger partial charge in [-0.15, -0.1) is 0 Å². The Morgan fingerprint density at radius 2 is 1.57 bits per heavy atom. The molecule has 0 aliphatic rings. The summed E-state index contributed by atoms with van der Waals surface area (Å²) in [4.78, 5) is 0.0131. The fraction of sp³-hybridized carbons (Fsp3) is 0.143. The van der Waals surface area contributed by atoms with Gasteiger partial charge in [0.05, 0.1) is 4.90 Å². The molecule has 0 fully saturated rings. The number of hydrogen-bond donors (Lipinski definition) is 1. The molecule has 0 bridgehead atoms. The van der Waals surface area contributed by atoms with Crippen LogP contribution in [0.3, 0.4) is 0 Å². The first kappa shape index (κ1) is 16.2. The average molecular weight is 348 g/mol. The van der Waals surface area contributed by atoms with E-state index >= 15 is 0 Å². The summed E-state index contributed by atoms with van der Waals surface area (Å²) in [6.07, 6.45) is 0.452. The fourth-order valence-electron chi connectivity index (χ4n) is 1.75. The smallest absolute Gasteiger partial charge is 0.211 e. The van der Waals surface area contributed by atoms with Crippen molar-refractivity contribution in [2.24, 2.45) is 0 Å². The highest BCUT2D eigenvalue weighted by Crippen LogP contribution is 2.22. The van der Waals surface area contributed by atoms with Crippen molar-refractivity contribution in [2.75, 3.05) is 6.54 Å². The highest BCUT2D eigenvalue weighted by atomic mass is 35.5. The summed E-state index contributed by atoms with van der Waals surface area (Å²) in [5, 5.41) is 0.503. The Morgan fingerprint density at radius 3 is 2.14 bits per heavy atom. The quantitative estimate of drug-likeness (QED) is 0.897. The monoisotopic (exact) mass is 347 g/mol. The van der Waals surface area contributed by atoms with E-state index in [0.717, 1.165) is 5.56 Å². The molecule has 3 nitrogen and oxygen atoms in total. The van der Waals surface area contributed by atoms with Crippen molar-refractivity contribution in [1.29, 1.82) is 0 Å². The van der Waals surface area contributed by atoms with Gasteiger partial charge in [-0.3, -0.25) is 0 Å². The third-order valence-electron chi connectivity index (χ3n) is 2.77. The van der Waals surface area contributed by atoms with Gasteiger partial charge >= 0.3 is 0 Å². The third-order valence-corrected chi connectivity index (χ3v) is 4.64. The van der Waals surface area contributed by atoms with Gasteiger partial charge in [0, 0.05) is 16.6 Å². The number of sulfonamides is 1. The van der Waals surface area contributed by atoms with Gasteiger partial charge in [-0.2, -0.15) is 0 Å². The van der Waals surface area contributed by atoms with E-state index in [-0.39, 0.29) is 27.3 Å². The molecule has 2 aromatic rings. The first-order valence-corrected chi connectivity index (χ1v) is 8.31. The normalized spacial score (nSPS) is 11.6. The number of benzene rings is 2. The van der Waals surface area contributed by atoms with Gasteiger partial charge in [-0.25, -0.2) is 17.5 Å². The molecule has 1 N–H and O–H groups in total. The van der Waals surface area contributed by atoms with Crippen LogP contribution in [-0.2, 0) is 16.4 Å². The molecule has 2 rings (SSSR count). The first-order chi connectivity index (χ1) is 9.87. The second-order valence-electron chi connectivity index (χ2n) is 4.38. The second kappa shape index (κ2) is 6.75. The summed E-state index contributed by atoms with van der Waals surface area (Å²) in [6.45, 7) is 0.193. The minimum absolute atomic E-state index is 0.0131. The zero-order valence-electron chi connectivity index (χ0n) is 10.8. The van der Waals surface area contributed by atoms with Crippen molar-refractivity contribution in [3.63, 3.8) is 0 Å². The molecule has 0 aliphatic carbocycles. The average Bonchev–Trinajstić information content (AvgIpc) is 2.40. The molecule has 0 aliphatic heterocycles. The maximum absolute atomic E-state index is 12.8. The maximum Gasteiger partial charge on any atom is 0.240 e. The van der Waals surface area contributed by atoms with Crippen molar-refractivity contribution in [1.82, 2.24) is 4.72 Å². The molecule has 0 atom stereocenters. The molecule has 0 spiro atoms. The summed E-state index contributed by atoms with van der Waals surface area (Å²) < 4.78 is 39.4. The van der Waals surface area contributed by atoms with Gasteiger partial charge in [-0.1, -0.05) is 35.3 Å². The summed E-state index contributed by atoms with van der Waals surface area (Å²) in [7, 11) is -3.68. The van der Waals surface area contributed by atoms with Gasteiger partial charge in [0.1, 0.15) is 5.82 Å². The van der Waals surface area contributed by atoms with E-state index in [1.807, 2.05) is 0 Å². The van der Waals surface area contributed by atoms with E-state index in [1.165, 1.54) is 30.3 Å². The Kier molecular flexibility index (Phi) is 5.22. The molecule has 2 aromatic carbocycles. The molecular weight excluding hydrogens is 336 g/mol. The minimum Gasteiger partial charge on any atom is -0.211 e. The molecule has 0 saturated carbocycles. The van der Waals surface area contributed by atoms with Crippen molar-refractivity contribution in [3.05, 3.63) is 63.9 Å². The lowest BCUT2D eigenvalue weighted by Gasteiger charge is -2.08. The van der Waals surface area contributed by atoms with Gasteiger partial charge in [0.15, 0.2) is 0 Å². The summed E-state index contributed by atoms with van der Waals surface area (Å²) in [5.74, 6) is -0.326. The van der Waals surface area contributed by atoms with E-state index < -0.39 is 10.0 Å². The zero-order chi connectivity index (χ0) is 15.5. The molecule has 0 radical (unpaired) electrons. The Bertz CT molecular complexity index is 713. The topological polar surface area (TPSA) is 46.2 Å². The van der Waals surface area contributed by atoms with E-state index in [1.54, 1.807) is 12.1 Å². The SMILES string of the molecule is O=S(=O)(NCCc1ccc(F)cc1)c1cc(Cl)cc(Cl)c1. The van der Waals surface area contributed by atoms with Crippen LogP contribution in [0, 0.1) is 5.82 Å². The lowest BCUT2D eigenvalue weighted by Crippen LogP contribution is -2.26. The van der Waals surface area contributed by atoms with Gasteiger partial charge in [-0.05, 0) is 42.3 Å². The van der Waals surface area contributed by atoms with Crippen LogP contribution in [0.5, 0.6) is 0 Å². The van der Waals surface area contributed by atoms with Crippen LogP contribution in [0.25, 0.3) is 0 Å². The maximum atomic E-state index is 12.8. The van der Waals surface area contributed by atoms with Crippen LogP contribution in [0.4, 0.5) is 4.39 Å². The Labute approximate surface area is 132 Å². The minimum atomic E-state index is -3.68. The van der Waals surface area contributed by atoms with Gasteiger partial charge < -0.3 is 0 Å². The Morgan fingerprint density at radius 1 is 1.00 bits per heavy atom. The van der Waals surface area contributed by atoms with E-state index in [0.29, 0.717) is 6.42 Å². The first-order valence-electron chi connectivity index (χ1n) is 6.07. The van der Waals surface area contributed by atoms with E-state index in [4.69, 9.17) is 23.2 Å². The van der Waals surface area contributed by atoms with Crippen molar-refractivity contribution < 1.29 is 12.8 Å². The molecule has 112 valence electrons. The summed E-state index contributed by atoms with van der Waals surface area (Å²) in [5.41, 5.74) is 0.836. The lowest BCUT2D eigenvalue weighted by molar-refractivity contribution is 0.581. The number of hydrogen-bond acceptors (Lipinski definition) is 2. The standard InChI is InChI=1S/C14H12Cl2FNO2S/c15-11-7-12(16)9-14(8-11)21(19,20)18-6-5-10-1-3-13(17)4-2-10/h1-4,7-9,18H,5-6H2. The highest BCUT2D eigenvalue weighted by Gasteiger charge is 2.14. The van der Waals surface area contributed by atoms with Gasteiger partial charge in [0.25, 0.3) is 0 Å². The van der Waals surface area contributed by atoms with E-state index in [9.17, 15) is 12.8 Å². The Balaban J connectivity index is 2.02. The summed E-state index contributed by atoms with van der Waals surface area (Å²) >= 11 is 11.6. The molecule has 21 heavy (non-hydrogen) atoms. The largest absolute Gasteiger partial charge is 0.240 e. The molecule has 0 amide bonds. The predicted molar refractivity (Wildman–Crippen MR) is 81.8 cm³/mol. The van der Waals surface area contributed by atoms with Crippen LogP contribution < -0.4 is 4.72 Å². The van der Waals surface area contributed by atoms with Crippen molar-refractivity contribution >= 4 is 33.2 Å². The van der Waals surface area contributed by atoms with Crippen LogP contribution >= 0.6 is 23.2 Å². The van der Waals surface area contributed by atoms with Crippen LogP contribution in [0.2, 0.25) is 10.0 Å². The predicted octanol–water partition coefficient (Wildman–Crippen LogP) is 3.65. The second-order valence-corrected chi connectivity index (χ2v) is 7.02. The number of rotatable bonds is 5. The summed E-state index contributed by atoms with van der Waals surface area (Å²) in [6, 6.07) is 10.0. The lowest BCUT2D eigenvalue weighted by atomic mass is 10.1. The molecular formula is C14H12Cl2FNO2S. The molecule has 0 heterocycles. The highest BCUT2D eigenvalue weighted by molar-refractivity contribution is 7.89. The molecule has 7 heteroatoms. The van der Waals surface area contributed by atoms with Crippen LogP contribution in [-0.4, -0.2) is 15.0 Å².